The van der Waals surface area contributed by atoms with Gasteiger partial charge in [-0.1, -0.05) is 0 Å². The topological polar surface area (TPSA) is 36.4 Å². The van der Waals surface area contributed by atoms with E-state index in [1.807, 2.05) is 29.7 Å². The van der Waals surface area contributed by atoms with Crippen molar-refractivity contribution in [2.24, 2.45) is 0 Å². The molecule has 104 valence electrons. The SMILES string of the molecule is CSCCN1CCN(C(=O)c2cncc(C)c2)CC1. The van der Waals surface area contributed by atoms with Crippen LogP contribution in [0.5, 0.6) is 0 Å². The van der Waals surface area contributed by atoms with Crippen LogP contribution in [0.25, 0.3) is 0 Å². The summed E-state index contributed by atoms with van der Waals surface area (Å²) >= 11 is 1.87. The lowest BCUT2D eigenvalue weighted by molar-refractivity contribution is 0.0644. The summed E-state index contributed by atoms with van der Waals surface area (Å²) in [6.45, 7) is 6.68. The highest BCUT2D eigenvalue weighted by molar-refractivity contribution is 7.98. The molecule has 5 heteroatoms. The van der Waals surface area contributed by atoms with Crippen molar-refractivity contribution >= 4 is 17.7 Å². The first kappa shape index (κ1) is 14.3. The van der Waals surface area contributed by atoms with E-state index in [2.05, 4.69) is 16.1 Å². The van der Waals surface area contributed by atoms with Gasteiger partial charge in [0.15, 0.2) is 0 Å². The van der Waals surface area contributed by atoms with Gasteiger partial charge in [-0.05, 0) is 24.8 Å². The molecule has 0 saturated carbocycles. The zero-order valence-corrected chi connectivity index (χ0v) is 12.4. The molecule has 1 aliphatic heterocycles. The number of carbonyl (C=O) groups is 1. The van der Waals surface area contributed by atoms with E-state index in [0.717, 1.165) is 44.0 Å². The van der Waals surface area contributed by atoms with Crippen molar-refractivity contribution in [3.05, 3.63) is 29.6 Å². The molecule has 19 heavy (non-hydrogen) atoms. The van der Waals surface area contributed by atoms with Crippen molar-refractivity contribution in [3.63, 3.8) is 0 Å². The quantitative estimate of drug-likeness (QED) is 0.837. The number of aromatic nitrogens is 1. The summed E-state index contributed by atoms with van der Waals surface area (Å²) in [5, 5.41) is 0. The average Bonchev–Trinajstić information content (AvgIpc) is 2.45. The second-order valence-corrected chi connectivity index (χ2v) is 5.86. The highest BCUT2D eigenvalue weighted by atomic mass is 32.2. The van der Waals surface area contributed by atoms with Crippen LogP contribution < -0.4 is 0 Å². The van der Waals surface area contributed by atoms with Gasteiger partial charge in [-0.15, -0.1) is 0 Å². The highest BCUT2D eigenvalue weighted by Gasteiger charge is 2.21. The molecule has 1 fully saturated rings. The minimum Gasteiger partial charge on any atom is -0.336 e. The number of hydrogen-bond donors (Lipinski definition) is 0. The van der Waals surface area contributed by atoms with E-state index < -0.39 is 0 Å². The summed E-state index contributed by atoms with van der Waals surface area (Å²) in [4.78, 5) is 20.8. The van der Waals surface area contributed by atoms with Crippen LogP contribution in [0.3, 0.4) is 0 Å². The fourth-order valence-electron chi connectivity index (χ4n) is 2.25. The summed E-state index contributed by atoms with van der Waals surface area (Å²) in [5.74, 6) is 1.27. The van der Waals surface area contributed by atoms with E-state index in [-0.39, 0.29) is 5.91 Å². The van der Waals surface area contributed by atoms with Crippen LogP contribution in [0.1, 0.15) is 15.9 Å². The number of amides is 1. The lowest BCUT2D eigenvalue weighted by Crippen LogP contribution is -2.49. The van der Waals surface area contributed by atoms with Crippen molar-refractivity contribution in [1.82, 2.24) is 14.8 Å². The normalized spacial score (nSPS) is 16.6. The predicted molar refractivity (Wildman–Crippen MR) is 79.7 cm³/mol. The molecule has 0 aliphatic carbocycles. The molecule has 2 rings (SSSR count). The minimum atomic E-state index is 0.112. The fourth-order valence-corrected chi connectivity index (χ4v) is 2.69. The van der Waals surface area contributed by atoms with E-state index in [9.17, 15) is 4.79 Å². The Morgan fingerprint density at radius 1 is 1.32 bits per heavy atom. The van der Waals surface area contributed by atoms with Crippen molar-refractivity contribution in [2.45, 2.75) is 6.92 Å². The van der Waals surface area contributed by atoms with E-state index >= 15 is 0 Å². The van der Waals surface area contributed by atoms with Crippen LogP contribution in [0.4, 0.5) is 0 Å². The second kappa shape index (κ2) is 6.91. The Kier molecular flexibility index (Phi) is 5.22. The van der Waals surface area contributed by atoms with Gasteiger partial charge in [-0.3, -0.25) is 14.7 Å². The number of pyridine rings is 1. The molecule has 0 radical (unpaired) electrons. The number of hydrogen-bond acceptors (Lipinski definition) is 4. The molecule has 1 amide bonds. The Morgan fingerprint density at radius 3 is 2.68 bits per heavy atom. The third kappa shape index (κ3) is 3.94. The van der Waals surface area contributed by atoms with Crippen molar-refractivity contribution in [3.8, 4) is 0 Å². The maximum atomic E-state index is 12.3. The standard InChI is InChI=1S/C14H21N3OS/c1-12-9-13(11-15-10-12)14(18)17-5-3-16(4-6-17)7-8-19-2/h9-11H,3-8H2,1-2H3. The van der Waals surface area contributed by atoms with Crippen LogP contribution in [-0.2, 0) is 0 Å². The molecule has 1 aromatic heterocycles. The Hall–Kier alpha value is -1.07. The van der Waals surface area contributed by atoms with Crippen LogP contribution in [0.2, 0.25) is 0 Å². The Morgan fingerprint density at radius 2 is 2.05 bits per heavy atom. The van der Waals surface area contributed by atoms with Crippen molar-refractivity contribution < 1.29 is 4.79 Å². The summed E-state index contributed by atoms with van der Waals surface area (Å²) in [6, 6.07) is 1.91. The molecular formula is C14H21N3OS. The number of piperazine rings is 1. The fraction of sp³-hybridized carbons (Fsp3) is 0.571. The zero-order valence-electron chi connectivity index (χ0n) is 11.6. The van der Waals surface area contributed by atoms with Gasteiger partial charge in [0.25, 0.3) is 5.91 Å². The lowest BCUT2D eigenvalue weighted by atomic mass is 10.2. The van der Waals surface area contributed by atoms with Gasteiger partial charge in [0.1, 0.15) is 0 Å². The molecule has 0 N–H and O–H groups in total. The van der Waals surface area contributed by atoms with E-state index in [4.69, 9.17) is 0 Å². The maximum Gasteiger partial charge on any atom is 0.255 e. The van der Waals surface area contributed by atoms with Crippen LogP contribution in [0, 0.1) is 6.92 Å². The molecule has 4 nitrogen and oxygen atoms in total. The molecule has 1 saturated heterocycles. The maximum absolute atomic E-state index is 12.3. The van der Waals surface area contributed by atoms with Gasteiger partial charge in [0.05, 0.1) is 5.56 Å². The highest BCUT2D eigenvalue weighted by Crippen LogP contribution is 2.09. The smallest absolute Gasteiger partial charge is 0.255 e. The number of carbonyl (C=O) groups excluding carboxylic acids is 1. The first-order chi connectivity index (χ1) is 9.20. The summed E-state index contributed by atoms with van der Waals surface area (Å²) in [6.07, 6.45) is 5.57. The summed E-state index contributed by atoms with van der Waals surface area (Å²) in [5.41, 5.74) is 1.74. The number of nitrogens with zero attached hydrogens (tertiary/aromatic N) is 3. The Balaban J connectivity index is 1.89. The average molecular weight is 279 g/mol. The molecule has 1 aromatic rings. The molecule has 0 spiro atoms. The van der Waals surface area contributed by atoms with E-state index in [1.54, 1.807) is 12.4 Å². The molecule has 0 aromatic carbocycles. The van der Waals surface area contributed by atoms with Crippen LogP contribution in [-0.4, -0.2) is 65.4 Å². The Labute approximate surface area is 119 Å². The second-order valence-electron chi connectivity index (χ2n) is 4.88. The van der Waals surface area contributed by atoms with Gasteiger partial charge in [-0.2, -0.15) is 11.8 Å². The molecule has 0 unspecified atom stereocenters. The van der Waals surface area contributed by atoms with Crippen molar-refractivity contribution in [1.29, 1.82) is 0 Å². The molecule has 2 heterocycles. The minimum absolute atomic E-state index is 0.112. The van der Waals surface area contributed by atoms with Crippen molar-refractivity contribution in [2.75, 3.05) is 44.7 Å². The van der Waals surface area contributed by atoms with Gasteiger partial charge in [-0.25, -0.2) is 0 Å². The largest absolute Gasteiger partial charge is 0.336 e. The first-order valence-corrected chi connectivity index (χ1v) is 8.02. The van der Waals surface area contributed by atoms with Gasteiger partial charge < -0.3 is 4.90 Å². The van der Waals surface area contributed by atoms with E-state index in [0.29, 0.717) is 5.56 Å². The summed E-state index contributed by atoms with van der Waals surface area (Å²) < 4.78 is 0. The zero-order chi connectivity index (χ0) is 13.7. The number of thioether (sulfide) groups is 1. The molecule has 0 bridgehead atoms. The third-order valence-electron chi connectivity index (χ3n) is 3.39. The summed E-state index contributed by atoms with van der Waals surface area (Å²) in [7, 11) is 0. The third-order valence-corrected chi connectivity index (χ3v) is 3.98. The van der Waals surface area contributed by atoms with E-state index in [1.165, 1.54) is 0 Å². The monoisotopic (exact) mass is 279 g/mol. The lowest BCUT2D eigenvalue weighted by Gasteiger charge is -2.34. The van der Waals surface area contributed by atoms with Crippen LogP contribution in [0.15, 0.2) is 18.5 Å². The van der Waals surface area contributed by atoms with Crippen LogP contribution >= 0.6 is 11.8 Å². The number of rotatable bonds is 4. The van der Waals surface area contributed by atoms with Gasteiger partial charge in [0, 0.05) is 50.9 Å². The van der Waals surface area contributed by atoms with Gasteiger partial charge >= 0.3 is 0 Å². The molecular weight excluding hydrogens is 258 g/mol. The van der Waals surface area contributed by atoms with Gasteiger partial charge in [0.2, 0.25) is 0 Å². The number of aryl methyl sites for hydroxylation is 1. The molecule has 0 atom stereocenters. The first-order valence-electron chi connectivity index (χ1n) is 6.63. The Bertz CT molecular complexity index is 430. The predicted octanol–water partition coefficient (Wildman–Crippen LogP) is 1.51. The molecule has 1 aliphatic rings.